The molecule has 10 rings (SSSR count). The van der Waals surface area contributed by atoms with Crippen molar-refractivity contribution < 1.29 is 30.6 Å². The Balaban J connectivity index is 0.000000175. The van der Waals surface area contributed by atoms with Gasteiger partial charge in [0.1, 0.15) is 0 Å². The Hall–Kier alpha value is -7.86. The van der Waals surface area contributed by atoms with Gasteiger partial charge in [-0.3, -0.25) is 28.8 Å². The van der Waals surface area contributed by atoms with E-state index in [0.717, 1.165) is 39.8 Å². The first-order valence-electron chi connectivity index (χ1n) is 27.8. The van der Waals surface area contributed by atoms with Gasteiger partial charge >= 0.3 is 0 Å². The second-order valence-electron chi connectivity index (χ2n) is 21.2. The van der Waals surface area contributed by atoms with Crippen molar-refractivity contribution in [2.45, 2.75) is 160 Å². The van der Waals surface area contributed by atoms with E-state index in [2.05, 4.69) is 13.8 Å². The van der Waals surface area contributed by atoms with Crippen LogP contribution in [0.1, 0.15) is 193 Å². The molecule has 6 aromatic rings. The van der Waals surface area contributed by atoms with Gasteiger partial charge < -0.3 is 30.6 Å². The summed E-state index contributed by atoms with van der Waals surface area (Å²) in [4.78, 5) is 67.4. The first-order valence-corrected chi connectivity index (χ1v) is 27.8. The van der Waals surface area contributed by atoms with Gasteiger partial charge in [-0.1, -0.05) is 139 Å². The van der Waals surface area contributed by atoms with E-state index in [-0.39, 0.29) is 67.1 Å². The van der Waals surface area contributed by atoms with Crippen LogP contribution < -0.4 is 32.6 Å². The molecule has 0 aliphatic heterocycles. The second-order valence-corrected chi connectivity index (χ2v) is 21.2. The van der Waals surface area contributed by atoms with Gasteiger partial charge in [0, 0.05) is 0 Å². The lowest BCUT2D eigenvalue weighted by Crippen LogP contribution is -2.09. The lowest BCUT2D eigenvalue weighted by atomic mass is 9.80. The fraction of sp³-hybridized carbons (Fsp3) is 0.373. The highest BCUT2D eigenvalue weighted by Crippen LogP contribution is 2.39. The molecule has 4 aliphatic carbocycles. The molecule has 12 heteroatoms. The van der Waals surface area contributed by atoms with E-state index in [1.54, 1.807) is 54.6 Å². The van der Waals surface area contributed by atoms with E-state index >= 15 is 0 Å². The molecule has 0 saturated heterocycles. The third kappa shape index (κ3) is 20.5. The van der Waals surface area contributed by atoms with Crippen molar-refractivity contribution in [3.8, 4) is 34.5 Å². The van der Waals surface area contributed by atoms with Gasteiger partial charge in [0.25, 0.3) is 0 Å². The van der Waals surface area contributed by atoms with E-state index in [9.17, 15) is 39.0 Å². The Labute approximate surface area is 463 Å². The third-order valence-corrected chi connectivity index (χ3v) is 14.9. The molecular weight excluding hydrogens is 997 g/mol. The molecule has 0 aromatic heterocycles. The number of hydrogen-bond acceptors (Lipinski definition) is 12. The topological polar surface area (TPSA) is 224 Å². The molecule has 4 fully saturated rings. The molecule has 0 amide bonds. The first kappa shape index (κ1) is 62.0. The molecule has 6 aromatic carbocycles. The Morgan fingerprint density at radius 2 is 0.582 bits per heavy atom. The zero-order chi connectivity index (χ0) is 57.4. The van der Waals surface area contributed by atoms with Crippen LogP contribution in [-0.4, -0.2) is 30.6 Å². The molecule has 418 valence electrons. The maximum Gasteiger partial charge on any atom is 0.220 e. The smallest absolute Gasteiger partial charge is 0.220 e. The quantitative estimate of drug-likeness (QED) is 0.0878. The van der Waals surface area contributed by atoms with Gasteiger partial charge in [0.15, 0.2) is 34.5 Å². The van der Waals surface area contributed by atoms with Crippen LogP contribution in [0.4, 0.5) is 0 Å². The third-order valence-electron chi connectivity index (χ3n) is 14.9. The van der Waals surface area contributed by atoms with Crippen molar-refractivity contribution >= 4 is 0 Å². The average molecular weight is 1080 g/mol. The minimum atomic E-state index is -0.316. The largest absolute Gasteiger partial charge is 0.504 e. The van der Waals surface area contributed by atoms with Crippen LogP contribution in [0.2, 0.25) is 0 Å². The molecule has 0 radical (unpaired) electrons. The Kier molecular flexibility index (Phi) is 24.7. The van der Waals surface area contributed by atoms with Crippen molar-refractivity contribution in [3.63, 3.8) is 0 Å². The van der Waals surface area contributed by atoms with Crippen LogP contribution >= 0.6 is 0 Å². The van der Waals surface area contributed by atoms with Crippen LogP contribution in [0.5, 0.6) is 34.5 Å². The summed E-state index contributed by atoms with van der Waals surface area (Å²) in [5, 5.41) is 55.0. The summed E-state index contributed by atoms with van der Waals surface area (Å²) in [5.41, 5.74) is 4.51. The standard InChI is InChI=1S/C13H16O2.C12H14O2.C11H12O2.C11H14O2.C10H10O2.C10H12O2/c14-12-8-4-7-11(9-13(12)15)10-5-2-1-3-6-10;13-11-7-3-6-10(8-12(11)14)9-4-1-2-5-9;12-10-6-2-5-9(7-11(10)13)8-3-1-4-8;1-3-8(2)9-5-4-6-10(12)11(13)7-9;11-9-3-1-2-8(6-10(9)12)7-4-5-7;1-7(2)8-4-3-5-9(11)10(12)6-8/h4,7-10H,1-3,5-6H2,(H,14,15);3,6-9H,1-2,4-5H2,(H,13,14);2,5-8H,1,3-4H2,(H,12,13);4-8H,3H2,1-2H3,(H,12,13);1-3,6-7H,4-5H2,(H,11,12);3-7H,1-2H3,(H,11,12). The second kappa shape index (κ2) is 31.5. The van der Waals surface area contributed by atoms with Crippen molar-refractivity contribution in [1.29, 1.82) is 0 Å². The van der Waals surface area contributed by atoms with Crippen LogP contribution in [0.25, 0.3) is 0 Å². The summed E-state index contributed by atoms with van der Waals surface area (Å²) in [6.07, 6.45) is 17.9. The van der Waals surface area contributed by atoms with E-state index in [1.165, 1.54) is 144 Å². The number of hydrogen-bond donors (Lipinski definition) is 6. The van der Waals surface area contributed by atoms with Gasteiger partial charge in [-0.2, -0.15) is 0 Å². The predicted octanol–water partition coefficient (Wildman–Crippen LogP) is 13.0. The fourth-order valence-corrected chi connectivity index (χ4v) is 9.41. The monoisotopic (exact) mass is 1070 g/mol. The maximum absolute atomic E-state index is 11.4. The highest BCUT2D eigenvalue weighted by molar-refractivity contribution is 5.31. The summed E-state index contributed by atoms with van der Waals surface area (Å²) < 4.78 is 0. The van der Waals surface area contributed by atoms with Gasteiger partial charge in [-0.15, -0.1) is 0 Å². The van der Waals surface area contributed by atoms with E-state index in [4.69, 9.17) is 20.4 Å². The summed E-state index contributed by atoms with van der Waals surface area (Å²) in [6.45, 7) is 8.14. The predicted molar refractivity (Wildman–Crippen MR) is 315 cm³/mol. The summed E-state index contributed by atoms with van der Waals surface area (Å²) in [5.74, 6) is 1.79. The molecule has 12 nitrogen and oxygen atoms in total. The highest BCUT2D eigenvalue weighted by atomic mass is 16.3. The van der Waals surface area contributed by atoms with E-state index in [1.807, 2.05) is 50.2 Å². The molecular formula is C67H78O12. The molecule has 0 heterocycles. The van der Waals surface area contributed by atoms with Crippen molar-refractivity contribution in [3.05, 3.63) is 240 Å². The van der Waals surface area contributed by atoms with Crippen LogP contribution in [0.15, 0.2) is 174 Å². The minimum absolute atomic E-state index is 0.156. The van der Waals surface area contributed by atoms with Crippen LogP contribution in [-0.2, 0) is 0 Å². The molecule has 1 unspecified atom stereocenters. The summed E-state index contributed by atoms with van der Waals surface area (Å²) in [6, 6.07) is 39.7. The Bertz CT molecular complexity index is 3180. The molecule has 6 N–H and O–H groups in total. The number of rotatable bonds is 7. The SMILES string of the molecule is CC(C)c1cccc(O)c(=O)c1.CCC(C)c1cccc(O)c(=O)c1.O=c1cc(C2CC2)cccc1O.O=c1cc(C2CCC2)cccc1O.O=c1cc(C2CCCC2)cccc1O.O=c1cc(C2CCCCC2)cccc1O. The molecule has 1 atom stereocenters. The van der Waals surface area contributed by atoms with E-state index < -0.39 is 0 Å². The van der Waals surface area contributed by atoms with Gasteiger partial charge in [-0.05, 0) is 199 Å². The Morgan fingerprint density at radius 3 is 0.861 bits per heavy atom. The van der Waals surface area contributed by atoms with Gasteiger partial charge in [0.2, 0.25) is 32.6 Å². The highest BCUT2D eigenvalue weighted by Gasteiger charge is 2.23. The normalized spacial score (nSPS) is 15.2. The van der Waals surface area contributed by atoms with Crippen molar-refractivity contribution in [2.24, 2.45) is 0 Å². The fourth-order valence-electron chi connectivity index (χ4n) is 9.41. The van der Waals surface area contributed by atoms with Crippen LogP contribution in [0.3, 0.4) is 0 Å². The zero-order valence-electron chi connectivity index (χ0n) is 46.1. The average Bonchev–Trinajstić information content (AvgIpc) is 4.28. The zero-order valence-corrected chi connectivity index (χ0v) is 46.1. The van der Waals surface area contributed by atoms with Gasteiger partial charge in [-0.25, -0.2) is 0 Å². The molecule has 0 spiro atoms. The van der Waals surface area contributed by atoms with E-state index in [0.29, 0.717) is 35.5 Å². The van der Waals surface area contributed by atoms with Crippen LogP contribution in [0, 0.1) is 0 Å². The molecule has 0 bridgehead atoms. The number of aromatic hydroxyl groups is 6. The lowest BCUT2D eigenvalue weighted by Gasteiger charge is -2.24. The molecule has 4 aliphatic rings. The van der Waals surface area contributed by atoms with Gasteiger partial charge in [0.05, 0.1) is 0 Å². The Morgan fingerprint density at radius 1 is 0.329 bits per heavy atom. The van der Waals surface area contributed by atoms with Crippen molar-refractivity contribution in [2.75, 3.05) is 0 Å². The first-order chi connectivity index (χ1) is 37.8. The minimum Gasteiger partial charge on any atom is -0.504 e. The molecule has 4 saturated carbocycles. The van der Waals surface area contributed by atoms with Crippen molar-refractivity contribution in [1.82, 2.24) is 0 Å². The molecule has 79 heavy (non-hydrogen) atoms. The summed E-state index contributed by atoms with van der Waals surface area (Å²) in [7, 11) is 0. The lowest BCUT2D eigenvalue weighted by molar-refractivity contribution is 0.419. The maximum atomic E-state index is 11.4. The summed E-state index contributed by atoms with van der Waals surface area (Å²) >= 11 is 0.